The number of nitrogens with one attached hydrogen (secondary N) is 1. The summed E-state index contributed by atoms with van der Waals surface area (Å²) in [6.45, 7) is 0. The highest BCUT2D eigenvalue weighted by Crippen LogP contribution is 2.40. The van der Waals surface area contributed by atoms with E-state index in [2.05, 4.69) is 20.8 Å². The van der Waals surface area contributed by atoms with Gasteiger partial charge in [0.05, 0.1) is 11.6 Å². The smallest absolute Gasteiger partial charge is 0.237 e. The first kappa shape index (κ1) is 14.8. The van der Waals surface area contributed by atoms with Gasteiger partial charge in [0.2, 0.25) is 11.1 Å². The predicted molar refractivity (Wildman–Crippen MR) is 79.8 cm³/mol. The van der Waals surface area contributed by atoms with Gasteiger partial charge in [-0.15, -0.1) is 5.10 Å². The monoisotopic (exact) mass is 310 g/mol. The molecule has 0 saturated heterocycles. The average Bonchev–Trinajstić information content (AvgIpc) is 3.19. The van der Waals surface area contributed by atoms with Gasteiger partial charge in [0.1, 0.15) is 0 Å². The van der Waals surface area contributed by atoms with E-state index in [1.165, 1.54) is 12.8 Å². The highest BCUT2D eigenvalue weighted by molar-refractivity contribution is 7.99. The van der Waals surface area contributed by atoms with Crippen LogP contribution in [0.15, 0.2) is 5.16 Å². The zero-order valence-corrected chi connectivity index (χ0v) is 13.1. The SMILES string of the molecule is CNC1(C(N)=O)CCC(Sc2nnnn2C2CCCC2)C1. The zero-order chi connectivity index (χ0) is 14.9. The fourth-order valence-corrected chi connectivity index (χ4v) is 4.74. The highest BCUT2D eigenvalue weighted by Gasteiger charge is 2.43. The number of likely N-dealkylation sites (N-methyl/N-ethyl adjacent to an activating group) is 1. The van der Waals surface area contributed by atoms with E-state index < -0.39 is 5.54 Å². The summed E-state index contributed by atoms with van der Waals surface area (Å²) < 4.78 is 1.97. The van der Waals surface area contributed by atoms with Gasteiger partial charge in [0.15, 0.2) is 0 Å². The number of thioether (sulfide) groups is 1. The van der Waals surface area contributed by atoms with Crippen molar-refractivity contribution < 1.29 is 4.79 Å². The Balaban J connectivity index is 1.68. The summed E-state index contributed by atoms with van der Waals surface area (Å²) in [6, 6.07) is 0.439. The van der Waals surface area contributed by atoms with Crippen LogP contribution in [0.1, 0.15) is 51.0 Å². The van der Waals surface area contributed by atoms with Crippen molar-refractivity contribution in [1.29, 1.82) is 0 Å². The second-order valence-electron chi connectivity index (χ2n) is 6.02. The van der Waals surface area contributed by atoms with Crippen LogP contribution >= 0.6 is 11.8 Å². The number of hydrogen-bond acceptors (Lipinski definition) is 6. The molecule has 2 atom stereocenters. The Hall–Kier alpha value is -1.15. The van der Waals surface area contributed by atoms with Crippen LogP contribution in [-0.4, -0.2) is 44.0 Å². The Morgan fingerprint density at radius 1 is 1.43 bits per heavy atom. The number of rotatable bonds is 5. The molecule has 7 nitrogen and oxygen atoms in total. The zero-order valence-electron chi connectivity index (χ0n) is 12.3. The molecule has 0 aromatic carbocycles. The summed E-state index contributed by atoms with van der Waals surface area (Å²) in [5.41, 5.74) is 4.99. The highest BCUT2D eigenvalue weighted by atomic mass is 32.2. The van der Waals surface area contributed by atoms with E-state index in [1.807, 2.05) is 4.68 Å². The molecule has 0 radical (unpaired) electrons. The van der Waals surface area contributed by atoms with Crippen molar-refractivity contribution in [3.63, 3.8) is 0 Å². The molecule has 0 spiro atoms. The van der Waals surface area contributed by atoms with Crippen molar-refractivity contribution in [3.05, 3.63) is 0 Å². The van der Waals surface area contributed by atoms with Crippen LogP contribution in [0.3, 0.4) is 0 Å². The Labute approximate surface area is 128 Å². The van der Waals surface area contributed by atoms with Crippen molar-refractivity contribution >= 4 is 17.7 Å². The van der Waals surface area contributed by atoms with Gasteiger partial charge >= 0.3 is 0 Å². The average molecular weight is 310 g/mol. The molecule has 2 aliphatic rings. The second-order valence-corrected chi connectivity index (χ2v) is 7.29. The molecule has 3 N–H and O–H groups in total. The van der Waals surface area contributed by atoms with E-state index in [4.69, 9.17) is 5.73 Å². The summed E-state index contributed by atoms with van der Waals surface area (Å²) in [4.78, 5) is 11.7. The number of aromatic nitrogens is 4. The predicted octanol–water partition coefficient (Wildman–Crippen LogP) is 0.876. The maximum Gasteiger partial charge on any atom is 0.237 e. The van der Waals surface area contributed by atoms with E-state index in [9.17, 15) is 4.79 Å². The lowest BCUT2D eigenvalue weighted by Gasteiger charge is -2.24. The van der Waals surface area contributed by atoms with Crippen LogP contribution in [0.4, 0.5) is 0 Å². The topological polar surface area (TPSA) is 98.7 Å². The Bertz CT molecular complexity index is 515. The standard InChI is InChI=1S/C13H22N6OS/c1-15-13(11(14)20)7-6-10(8-13)21-12-16-17-18-19(12)9-4-2-3-5-9/h9-10,15H,2-8H2,1H3,(H2,14,20). The van der Waals surface area contributed by atoms with Crippen LogP contribution in [0, 0.1) is 0 Å². The van der Waals surface area contributed by atoms with Gasteiger partial charge in [-0.25, -0.2) is 4.68 Å². The first-order valence-corrected chi connectivity index (χ1v) is 8.46. The van der Waals surface area contributed by atoms with Crippen molar-refractivity contribution in [2.75, 3.05) is 7.05 Å². The van der Waals surface area contributed by atoms with Crippen LogP contribution in [0.25, 0.3) is 0 Å². The van der Waals surface area contributed by atoms with Gasteiger partial charge in [-0.1, -0.05) is 24.6 Å². The molecule has 116 valence electrons. The quantitative estimate of drug-likeness (QED) is 0.837. The number of carbonyl (C=O) groups is 1. The third-order valence-electron chi connectivity index (χ3n) is 4.82. The molecular weight excluding hydrogens is 288 g/mol. The number of tetrazole rings is 1. The van der Waals surface area contributed by atoms with E-state index in [0.717, 1.165) is 37.3 Å². The van der Waals surface area contributed by atoms with Gasteiger partial charge in [0, 0.05) is 5.25 Å². The van der Waals surface area contributed by atoms with Crippen molar-refractivity contribution in [2.24, 2.45) is 5.73 Å². The number of amides is 1. The molecule has 0 bridgehead atoms. The van der Waals surface area contributed by atoms with E-state index in [1.54, 1.807) is 18.8 Å². The first-order valence-electron chi connectivity index (χ1n) is 7.58. The number of primary amides is 1. The van der Waals surface area contributed by atoms with Crippen LogP contribution in [0.5, 0.6) is 0 Å². The summed E-state index contributed by atoms with van der Waals surface area (Å²) in [7, 11) is 1.81. The number of hydrogen-bond donors (Lipinski definition) is 2. The van der Waals surface area contributed by atoms with Gasteiger partial charge < -0.3 is 11.1 Å². The van der Waals surface area contributed by atoms with Crippen LogP contribution in [0.2, 0.25) is 0 Å². The minimum Gasteiger partial charge on any atom is -0.368 e. The second kappa shape index (κ2) is 5.92. The fourth-order valence-electron chi connectivity index (χ4n) is 3.46. The molecule has 2 aliphatic carbocycles. The molecular formula is C13H22N6OS. The molecule has 1 aromatic rings. The van der Waals surface area contributed by atoms with Crippen LogP contribution < -0.4 is 11.1 Å². The molecule has 1 amide bonds. The first-order chi connectivity index (χ1) is 10.1. The number of nitrogens with two attached hydrogens (primary N) is 1. The third kappa shape index (κ3) is 2.78. The van der Waals surface area contributed by atoms with Gasteiger partial charge in [-0.05, 0) is 49.6 Å². The Morgan fingerprint density at radius 3 is 2.81 bits per heavy atom. The Kier molecular flexibility index (Phi) is 4.17. The molecule has 1 heterocycles. The normalized spacial score (nSPS) is 30.0. The molecule has 2 unspecified atom stereocenters. The summed E-state index contributed by atoms with van der Waals surface area (Å²) >= 11 is 1.69. The molecule has 1 aromatic heterocycles. The molecule has 3 rings (SSSR count). The minimum atomic E-state index is -0.566. The van der Waals surface area contributed by atoms with Crippen molar-refractivity contribution in [1.82, 2.24) is 25.5 Å². The number of carbonyl (C=O) groups excluding carboxylic acids is 1. The number of nitrogens with zero attached hydrogens (tertiary/aromatic N) is 4. The summed E-state index contributed by atoms with van der Waals surface area (Å²) in [5.74, 6) is -0.261. The lowest BCUT2D eigenvalue weighted by molar-refractivity contribution is -0.124. The molecule has 8 heteroatoms. The Morgan fingerprint density at radius 2 is 2.19 bits per heavy atom. The third-order valence-corrected chi connectivity index (χ3v) is 6.04. The molecule has 2 fully saturated rings. The van der Waals surface area contributed by atoms with E-state index >= 15 is 0 Å². The molecule has 21 heavy (non-hydrogen) atoms. The molecule has 0 aliphatic heterocycles. The van der Waals surface area contributed by atoms with Gasteiger partial charge in [0.25, 0.3) is 0 Å². The van der Waals surface area contributed by atoms with Crippen LogP contribution in [-0.2, 0) is 4.79 Å². The summed E-state index contributed by atoms with van der Waals surface area (Å²) in [6.07, 6.45) is 7.29. The van der Waals surface area contributed by atoms with Gasteiger partial charge in [-0.3, -0.25) is 4.79 Å². The lowest BCUT2D eigenvalue weighted by atomic mass is 9.97. The fraction of sp³-hybridized carbons (Fsp3) is 0.846. The van der Waals surface area contributed by atoms with Crippen molar-refractivity contribution in [2.45, 2.75) is 66.9 Å². The van der Waals surface area contributed by atoms with Gasteiger partial charge in [-0.2, -0.15) is 0 Å². The van der Waals surface area contributed by atoms with Crippen molar-refractivity contribution in [3.8, 4) is 0 Å². The largest absolute Gasteiger partial charge is 0.368 e. The minimum absolute atomic E-state index is 0.261. The maximum atomic E-state index is 11.7. The van der Waals surface area contributed by atoms with E-state index in [0.29, 0.717) is 11.3 Å². The lowest BCUT2D eigenvalue weighted by Crippen LogP contribution is -2.52. The molecule has 2 saturated carbocycles. The summed E-state index contributed by atoms with van der Waals surface area (Å²) in [5, 5.41) is 16.5. The maximum absolute atomic E-state index is 11.7. The van der Waals surface area contributed by atoms with E-state index in [-0.39, 0.29) is 5.91 Å².